The quantitative estimate of drug-likeness (QED) is 0.770. The van der Waals surface area contributed by atoms with Gasteiger partial charge < -0.3 is 9.90 Å². The molecule has 0 fully saturated rings. The van der Waals surface area contributed by atoms with Crippen LogP contribution >= 0.6 is 0 Å². The Kier molecular flexibility index (Phi) is 2.79. The maximum atomic E-state index is 10.7. The summed E-state index contributed by atoms with van der Waals surface area (Å²) >= 11 is 0. The fourth-order valence-electron chi connectivity index (χ4n) is 1.67. The molecule has 76 valence electrons. The Hall–Kier alpha value is -1.67. The van der Waals surface area contributed by atoms with E-state index in [2.05, 4.69) is 0 Å². The highest BCUT2D eigenvalue weighted by Crippen LogP contribution is 2.20. The van der Waals surface area contributed by atoms with Gasteiger partial charge in [-0.05, 0) is 16.3 Å². The Morgan fingerprint density at radius 3 is 2.53 bits per heavy atom. The molecule has 2 rings (SSSR count). The van der Waals surface area contributed by atoms with E-state index < -0.39 is 5.92 Å². The first kappa shape index (κ1) is 9.87. The van der Waals surface area contributed by atoms with Gasteiger partial charge in [0.1, 0.15) is 6.29 Å². The van der Waals surface area contributed by atoms with Gasteiger partial charge in [-0.3, -0.25) is 0 Å². The second-order valence-corrected chi connectivity index (χ2v) is 3.53. The summed E-state index contributed by atoms with van der Waals surface area (Å²) in [6.45, 7) is -0.137. The van der Waals surface area contributed by atoms with Crippen LogP contribution in [0, 0.1) is 0 Å². The van der Waals surface area contributed by atoms with Gasteiger partial charge in [-0.2, -0.15) is 0 Å². The van der Waals surface area contributed by atoms with Crippen LogP contribution in [0.15, 0.2) is 42.5 Å². The summed E-state index contributed by atoms with van der Waals surface area (Å²) < 4.78 is 0. The molecule has 15 heavy (non-hydrogen) atoms. The van der Waals surface area contributed by atoms with Gasteiger partial charge in [0.15, 0.2) is 0 Å². The molecular weight excluding hydrogens is 188 g/mol. The minimum absolute atomic E-state index is 0.137. The predicted octanol–water partition coefficient (Wildman–Crippen LogP) is 2.11. The average molecular weight is 200 g/mol. The molecule has 0 aliphatic carbocycles. The molecule has 0 saturated carbocycles. The first-order chi connectivity index (χ1) is 7.35. The highest BCUT2D eigenvalue weighted by Gasteiger charge is 2.08. The van der Waals surface area contributed by atoms with E-state index in [1.807, 2.05) is 42.5 Å². The minimum atomic E-state index is -0.408. The second-order valence-electron chi connectivity index (χ2n) is 3.53. The molecule has 0 amide bonds. The fourth-order valence-corrected chi connectivity index (χ4v) is 1.67. The number of hydrogen-bond donors (Lipinski definition) is 1. The van der Waals surface area contributed by atoms with E-state index in [0.717, 1.165) is 22.6 Å². The highest BCUT2D eigenvalue weighted by molar-refractivity contribution is 5.84. The average Bonchev–Trinajstić information content (AvgIpc) is 2.30. The van der Waals surface area contributed by atoms with Gasteiger partial charge in [0.2, 0.25) is 0 Å². The van der Waals surface area contributed by atoms with Gasteiger partial charge in [0.25, 0.3) is 0 Å². The second kappa shape index (κ2) is 4.24. The highest BCUT2D eigenvalue weighted by atomic mass is 16.3. The summed E-state index contributed by atoms with van der Waals surface area (Å²) in [6, 6.07) is 13.8. The number of fused-ring (bicyclic) bond motifs is 1. The van der Waals surface area contributed by atoms with Crippen LogP contribution in [-0.4, -0.2) is 18.0 Å². The van der Waals surface area contributed by atoms with Gasteiger partial charge >= 0.3 is 0 Å². The molecule has 0 heterocycles. The van der Waals surface area contributed by atoms with E-state index >= 15 is 0 Å². The van der Waals surface area contributed by atoms with Gasteiger partial charge in [-0.1, -0.05) is 42.5 Å². The lowest BCUT2D eigenvalue weighted by Gasteiger charge is -2.07. The molecule has 0 radical (unpaired) electrons. The lowest BCUT2D eigenvalue weighted by Crippen LogP contribution is -2.04. The van der Waals surface area contributed by atoms with Crippen molar-refractivity contribution in [2.75, 3.05) is 6.61 Å². The molecule has 1 atom stereocenters. The Morgan fingerprint density at radius 1 is 1.13 bits per heavy atom. The molecule has 0 aliphatic rings. The van der Waals surface area contributed by atoms with Crippen molar-refractivity contribution in [2.45, 2.75) is 5.92 Å². The van der Waals surface area contributed by atoms with Crippen molar-refractivity contribution < 1.29 is 9.90 Å². The largest absolute Gasteiger partial charge is 0.395 e. The normalized spacial score (nSPS) is 12.6. The summed E-state index contributed by atoms with van der Waals surface area (Å²) in [7, 11) is 0. The Labute approximate surface area is 88.2 Å². The van der Waals surface area contributed by atoms with E-state index in [0.29, 0.717) is 0 Å². The number of aliphatic hydroxyl groups excluding tert-OH is 1. The van der Waals surface area contributed by atoms with Crippen LogP contribution in [-0.2, 0) is 4.79 Å². The topological polar surface area (TPSA) is 37.3 Å². The predicted molar refractivity (Wildman–Crippen MR) is 59.8 cm³/mol. The zero-order valence-electron chi connectivity index (χ0n) is 8.26. The molecule has 2 heteroatoms. The van der Waals surface area contributed by atoms with Crippen LogP contribution in [0.25, 0.3) is 10.8 Å². The summed E-state index contributed by atoms with van der Waals surface area (Å²) in [4.78, 5) is 10.7. The smallest absolute Gasteiger partial charge is 0.129 e. The SMILES string of the molecule is O=CC(CO)c1ccc2ccccc2c1. The number of benzene rings is 2. The number of carbonyl (C=O) groups is 1. The fraction of sp³-hybridized carbons (Fsp3) is 0.154. The number of rotatable bonds is 3. The van der Waals surface area contributed by atoms with Crippen molar-refractivity contribution in [3.63, 3.8) is 0 Å². The van der Waals surface area contributed by atoms with E-state index in [1.165, 1.54) is 0 Å². The molecule has 2 nitrogen and oxygen atoms in total. The summed E-state index contributed by atoms with van der Waals surface area (Å²) in [5.74, 6) is -0.408. The molecule has 0 aromatic heterocycles. The van der Waals surface area contributed by atoms with Crippen LogP contribution in [0.5, 0.6) is 0 Å². The zero-order valence-corrected chi connectivity index (χ0v) is 8.26. The van der Waals surface area contributed by atoms with Crippen molar-refractivity contribution in [2.24, 2.45) is 0 Å². The summed E-state index contributed by atoms with van der Waals surface area (Å²) in [5, 5.41) is 11.3. The maximum absolute atomic E-state index is 10.7. The van der Waals surface area contributed by atoms with Crippen molar-refractivity contribution in [1.29, 1.82) is 0 Å². The molecule has 2 aromatic carbocycles. The number of carbonyl (C=O) groups excluding carboxylic acids is 1. The number of hydrogen-bond acceptors (Lipinski definition) is 2. The lowest BCUT2D eigenvalue weighted by molar-refractivity contribution is -0.109. The first-order valence-corrected chi connectivity index (χ1v) is 4.90. The Balaban J connectivity index is 2.50. The Morgan fingerprint density at radius 2 is 1.87 bits per heavy atom. The van der Waals surface area contributed by atoms with E-state index in [9.17, 15) is 4.79 Å². The zero-order chi connectivity index (χ0) is 10.7. The standard InChI is InChI=1S/C13H12O2/c14-8-13(9-15)12-6-5-10-3-1-2-4-11(10)7-12/h1-8,13,15H,9H2. The van der Waals surface area contributed by atoms with E-state index in [4.69, 9.17) is 5.11 Å². The molecule has 1 N–H and O–H groups in total. The molecule has 0 saturated heterocycles. The monoisotopic (exact) mass is 200 g/mol. The van der Waals surface area contributed by atoms with Crippen molar-refractivity contribution in [1.82, 2.24) is 0 Å². The van der Waals surface area contributed by atoms with Gasteiger partial charge in [0.05, 0.1) is 12.5 Å². The third-order valence-electron chi connectivity index (χ3n) is 2.56. The van der Waals surface area contributed by atoms with Gasteiger partial charge in [-0.15, -0.1) is 0 Å². The molecule has 2 aromatic rings. The van der Waals surface area contributed by atoms with Crippen LogP contribution in [0.3, 0.4) is 0 Å². The van der Waals surface area contributed by atoms with Crippen molar-refractivity contribution in [3.8, 4) is 0 Å². The molecule has 0 spiro atoms. The van der Waals surface area contributed by atoms with E-state index in [-0.39, 0.29) is 6.61 Å². The Bertz CT molecular complexity index is 477. The molecule has 0 bridgehead atoms. The van der Waals surface area contributed by atoms with Gasteiger partial charge in [-0.25, -0.2) is 0 Å². The van der Waals surface area contributed by atoms with Crippen LogP contribution in [0.4, 0.5) is 0 Å². The first-order valence-electron chi connectivity index (χ1n) is 4.90. The van der Waals surface area contributed by atoms with Gasteiger partial charge in [0, 0.05) is 0 Å². The lowest BCUT2D eigenvalue weighted by atomic mass is 9.98. The van der Waals surface area contributed by atoms with Crippen LogP contribution < -0.4 is 0 Å². The van der Waals surface area contributed by atoms with Crippen molar-refractivity contribution in [3.05, 3.63) is 48.0 Å². The maximum Gasteiger partial charge on any atom is 0.129 e. The van der Waals surface area contributed by atoms with Crippen LogP contribution in [0.2, 0.25) is 0 Å². The molecule has 1 unspecified atom stereocenters. The number of aliphatic hydroxyl groups is 1. The molecular formula is C13H12O2. The van der Waals surface area contributed by atoms with E-state index in [1.54, 1.807) is 0 Å². The minimum Gasteiger partial charge on any atom is -0.395 e. The summed E-state index contributed by atoms with van der Waals surface area (Å²) in [6.07, 6.45) is 0.782. The third-order valence-corrected chi connectivity index (χ3v) is 2.56. The third kappa shape index (κ3) is 1.90. The molecule has 0 aliphatic heterocycles. The van der Waals surface area contributed by atoms with Crippen LogP contribution in [0.1, 0.15) is 11.5 Å². The number of aldehydes is 1. The van der Waals surface area contributed by atoms with Crippen molar-refractivity contribution >= 4 is 17.1 Å². The summed E-state index contributed by atoms with van der Waals surface area (Å²) in [5.41, 5.74) is 0.867.